The molecule has 0 aliphatic carbocycles. The Hall–Kier alpha value is -1.62. The number of hydrogen-bond acceptors (Lipinski definition) is 4. The van der Waals surface area contributed by atoms with Gasteiger partial charge in [0.05, 0.1) is 6.16 Å². The minimum atomic E-state index is -4.17. The summed E-state index contributed by atoms with van der Waals surface area (Å²) >= 11 is 0. The van der Waals surface area contributed by atoms with Crippen LogP contribution < -0.4 is 5.63 Å². The predicted molar refractivity (Wildman–Crippen MR) is 64.8 cm³/mol. The van der Waals surface area contributed by atoms with E-state index in [4.69, 9.17) is 14.2 Å². The molecule has 7 heteroatoms. The molecular formula is C11H11O6P. The van der Waals surface area contributed by atoms with Crippen molar-refractivity contribution in [2.45, 2.75) is 6.42 Å². The van der Waals surface area contributed by atoms with E-state index in [2.05, 4.69) is 0 Å². The van der Waals surface area contributed by atoms with Gasteiger partial charge in [0.15, 0.2) is 0 Å². The first-order valence-corrected chi connectivity index (χ1v) is 6.96. The SMILES string of the molecule is O=c1ccc2ccc(O)c(CCP(=O)(O)O)c2o1. The van der Waals surface area contributed by atoms with Crippen LogP contribution in [0.4, 0.5) is 0 Å². The first kappa shape index (κ1) is 12.8. The van der Waals surface area contributed by atoms with Crippen LogP contribution in [0.3, 0.4) is 0 Å². The van der Waals surface area contributed by atoms with Gasteiger partial charge in [0, 0.05) is 17.0 Å². The molecule has 0 fully saturated rings. The second-order valence-corrected chi connectivity index (χ2v) is 5.65. The van der Waals surface area contributed by atoms with Crippen molar-refractivity contribution in [3.63, 3.8) is 0 Å². The maximum atomic E-state index is 11.1. The molecular weight excluding hydrogens is 259 g/mol. The summed E-state index contributed by atoms with van der Waals surface area (Å²) in [6.07, 6.45) is -0.487. The maximum absolute atomic E-state index is 11.1. The highest BCUT2D eigenvalue weighted by molar-refractivity contribution is 7.51. The Labute approximate surface area is 102 Å². The topological polar surface area (TPSA) is 108 Å². The van der Waals surface area contributed by atoms with Crippen LogP contribution in [-0.2, 0) is 11.0 Å². The molecule has 0 bridgehead atoms. The molecule has 0 aliphatic heterocycles. The van der Waals surface area contributed by atoms with Gasteiger partial charge in [-0.1, -0.05) is 0 Å². The van der Waals surface area contributed by atoms with Crippen molar-refractivity contribution in [3.8, 4) is 5.75 Å². The van der Waals surface area contributed by atoms with E-state index in [0.29, 0.717) is 5.39 Å². The van der Waals surface area contributed by atoms with Crippen LogP contribution in [0.25, 0.3) is 11.0 Å². The minimum Gasteiger partial charge on any atom is -0.508 e. The molecule has 0 unspecified atom stereocenters. The highest BCUT2D eigenvalue weighted by atomic mass is 31.2. The minimum absolute atomic E-state index is 0.0690. The number of aryl methyl sites for hydroxylation is 1. The molecule has 0 spiro atoms. The summed E-state index contributed by atoms with van der Waals surface area (Å²) < 4.78 is 15.8. The van der Waals surface area contributed by atoms with Crippen molar-refractivity contribution < 1.29 is 23.9 Å². The van der Waals surface area contributed by atoms with Crippen molar-refractivity contribution in [2.24, 2.45) is 0 Å². The molecule has 1 aromatic heterocycles. The van der Waals surface area contributed by atoms with E-state index in [0.717, 1.165) is 0 Å². The zero-order chi connectivity index (χ0) is 13.3. The first-order valence-electron chi connectivity index (χ1n) is 5.16. The number of phenolic OH excluding ortho intramolecular Hbond substituents is 1. The molecule has 0 saturated carbocycles. The number of benzene rings is 1. The van der Waals surface area contributed by atoms with Crippen molar-refractivity contribution in [2.75, 3.05) is 6.16 Å². The van der Waals surface area contributed by atoms with E-state index >= 15 is 0 Å². The monoisotopic (exact) mass is 270 g/mol. The lowest BCUT2D eigenvalue weighted by molar-refractivity contribution is 0.372. The third-order valence-corrected chi connectivity index (χ3v) is 3.33. The third kappa shape index (κ3) is 2.79. The fourth-order valence-electron chi connectivity index (χ4n) is 1.68. The van der Waals surface area contributed by atoms with Gasteiger partial charge in [-0.25, -0.2) is 4.79 Å². The number of aromatic hydroxyl groups is 1. The molecule has 96 valence electrons. The smallest absolute Gasteiger partial charge is 0.336 e. The summed E-state index contributed by atoms with van der Waals surface area (Å²) in [5, 5.41) is 10.3. The molecule has 0 amide bonds. The Kier molecular flexibility index (Phi) is 3.26. The number of fused-ring (bicyclic) bond motifs is 1. The average Bonchev–Trinajstić information content (AvgIpc) is 2.26. The van der Waals surface area contributed by atoms with Gasteiger partial charge in [-0.15, -0.1) is 0 Å². The summed E-state index contributed by atoms with van der Waals surface area (Å²) in [6, 6.07) is 5.74. The van der Waals surface area contributed by atoms with E-state index in [1.165, 1.54) is 18.2 Å². The second kappa shape index (κ2) is 4.57. The van der Waals surface area contributed by atoms with Crippen molar-refractivity contribution in [1.29, 1.82) is 0 Å². The van der Waals surface area contributed by atoms with Crippen LogP contribution in [0.1, 0.15) is 5.56 Å². The summed E-state index contributed by atoms with van der Waals surface area (Å²) in [4.78, 5) is 28.8. The van der Waals surface area contributed by atoms with Crippen LogP contribution in [0.15, 0.2) is 33.5 Å². The fraction of sp³-hybridized carbons (Fsp3) is 0.182. The summed E-state index contributed by atoms with van der Waals surface area (Å²) in [6.45, 7) is 0. The third-order valence-electron chi connectivity index (χ3n) is 2.52. The first-order chi connectivity index (χ1) is 8.37. The molecule has 6 nitrogen and oxygen atoms in total. The molecule has 0 saturated heterocycles. The van der Waals surface area contributed by atoms with Gasteiger partial charge < -0.3 is 19.3 Å². The highest BCUT2D eigenvalue weighted by Gasteiger charge is 2.17. The lowest BCUT2D eigenvalue weighted by Gasteiger charge is -2.08. The van der Waals surface area contributed by atoms with E-state index < -0.39 is 19.4 Å². The van der Waals surface area contributed by atoms with Crippen molar-refractivity contribution >= 4 is 18.6 Å². The number of rotatable bonds is 3. The van der Waals surface area contributed by atoms with Gasteiger partial charge >= 0.3 is 13.2 Å². The molecule has 3 N–H and O–H groups in total. The van der Waals surface area contributed by atoms with Crippen LogP contribution in [0.5, 0.6) is 5.75 Å². The molecule has 18 heavy (non-hydrogen) atoms. The second-order valence-electron chi connectivity index (χ2n) is 3.87. The zero-order valence-corrected chi connectivity index (χ0v) is 10.1. The van der Waals surface area contributed by atoms with Gasteiger partial charge in [0.2, 0.25) is 0 Å². The fourth-order valence-corrected chi connectivity index (χ4v) is 2.19. The summed E-state index contributed by atoms with van der Waals surface area (Å²) in [5.41, 5.74) is -0.185. The average molecular weight is 270 g/mol. The van der Waals surface area contributed by atoms with E-state index in [1.807, 2.05) is 0 Å². The Morgan fingerprint density at radius 1 is 1.17 bits per heavy atom. The van der Waals surface area contributed by atoms with Gasteiger partial charge in [-0.2, -0.15) is 0 Å². The summed E-state index contributed by atoms with van der Waals surface area (Å²) in [5.74, 6) is -0.148. The van der Waals surface area contributed by atoms with Gasteiger partial charge in [0.1, 0.15) is 11.3 Å². The van der Waals surface area contributed by atoms with Crippen LogP contribution in [0.2, 0.25) is 0 Å². The van der Waals surface area contributed by atoms with Crippen molar-refractivity contribution in [3.05, 3.63) is 40.2 Å². The quantitative estimate of drug-likeness (QED) is 0.571. The lowest BCUT2D eigenvalue weighted by Crippen LogP contribution is -2.00. The van der Waals surface area contributed by atoms with Gasteiger partial charge in [-0.3, -0.25) is 4.57 Å². The Morgan fingerprint density at radius 2 is 1.83 bits per heavy atom. The highest BCUT2D eigenvalue weighted by Crippen LogP contribution is 2.37. The van der Waals surface area contributed by atoms with Crippen LogP contribution in [-0.4, -0.2) is 21.1 Å². The largest absolute Gasteiger partial charge is 0.508 e. The van der Waals surface area contributed by atoms with E-state index in [-0.39, 0.29) is 23.3 Å². The van der Waals surface area contributed by atoms with E-state index in [1.54, 1.807) is 6.07 Å². The van der Waals surface area contributed by atoms with Gasteiger partial charge in [0.25, 0.3) is 0 Å². The zero-order valence-electron chi connectivity index (χ0n) is 9.24. The molecule has 0 atom stereocenters. The van der Waals surface area contributed by atoms with Crippen LogP contribution >= 0.6 is 7.60 Å². The van der Waals surface area contributed by atoms with Crippen molar-refractivity contribution in [1.82, 2.24) is 0 Å². The summed E-state index contributed by atoms with van der Waals surface area (Å²) in [7, 11) is -4.17. The standard InChI is InChI=1S/C11H11O6P/c12-9-3-1-7-2-4-10(13)17-11(7)8(9)5-6-18(14,15)16/h1-4,12H,5-6H2,(H2,14,15,16). The molecule has 2 aromatic rings. The molecule has 1 heterocycles. The Bertz CT molecular complexity index is 683. The number of hydrogen-bond donors (Lipinski definition) is 3. The maximum Gasteiger partial charge on any atom is 0.336 e. The molecule has 2 rings (SSSR count). The Balaban J connectivity index is 2.53. The lowest BCUT2D eigenvalue weighted by atomic mass is 10.1. The normalized spacial score (nSPS) is 11.9. The molecule has 0 radical (unpaired) electrons. The van der Waals surface area contributed by atoms with E-state index in [9.17, 15) is 14.5 Å². The van der Waals surface area contributed by atoms with Gasteiger partial charge in [-0.05, 0) is 24.6 Å². The molecule has 0 aliphatic rings. The Morgan fingerprint density at radius 3 is 2.50 bits per heavy atom. The molecule has 1 aromatic carbocycles. The van der Waals surface area contributed by atoms with Crippen LogP contribution in [0, 0.1) is 0 Å². The predicted octanol–water partition coefficient (Wildman–Crippen LogP) is 1.22. The number of phenols is 1.